The molecule has 0 bridgehead atoms. The molecule has 1 saturated carbocycles. The maximum Gasteiger partial charge on any atom is 0.157 e. The van der Waals surface area contributed by atoms with Crippen molar-refractivity contribution in [1.82, 2.24) is 0 Å². The van der Waals surface area contributed by atoms with Crippen LogP contribution in [0, 0.1) is 23.2 Å². The summed E-state index contributed by atoms with van der Waals surface area (Å²) in [4.78, 5) is 0. The molecule has 0 N–H and O–H groups in total. The van der Waals surface area contributed by atoms with E-state index >= 15 is 0 Å². The summed E-state index contributed by atoms with van der Waals surface area (Å²) in [7, 11) is -3.15. The summed E-state index contributed by atoms with van der Waals surface area (Å²) < 4.78 is 24.7. The predicted octanol–water partition coefficient (Wildman–Crippen LogP) is 2.53. The molecule has 0 aromatic heterocycles. The number of hydrogen-bond acceptors (Lipinski definition) is 3. The minimum Gasteiger partial charge on any atom is -0.228 e. The number of rotatable bonds is 3. The van der Waals surface area contributed by atoms with Crippen molar-refractivity contribution in [2.45, 2.75) is 57.0 Å². The van der Waals surface area contributed by atoms with E-state index in [9.17, 15) is 8.42 Å². The summed E-state index contributed by atoms with van der Waals surface area (Å²) in [5.41, 5.74) is 0. The van der Waals surface area contributed by atoms with Crippen LogP contribution >= 0.6 is 0 Å². The molecule has 3 unspecified atom stereocenters. The summed E-state index contributed by atoms with van der Waals surface area (Å²) >= 11 is 0. The minimum absolute atomic E-state index is 0.117. The van der Waals surface area contributed by atoms with E-state index in [0.29, 0.717) is 6.42 Å². The van der Waals surface area contributed by atoms with Crippen LogP contribution in [-0.2, 0) is 9.84 Å². The van der Waals surface area contributed by atoms with Gasteiger partial charge in [-0.3, -0.25) is 0 Å². The van der Waals surface area contributed by atoms with Gasteiger partial charge < -0.3 is 0 Å². The van der Waals surface area contributed by atoms with Gasteiger partial charge in [0.2, 0.25) is 0 Å². The Balaban J connectivity index is 2.94. The zero-order chi connectivity index (χ0) is 12.3. The second-order valence-electron chi connectivity index (χ2n) is 5.10. The zero-order valence-electron chi connectivity index (χ0n) is 10.3. The minimum atomic E-state index is -3.15. The van der Waals surface area contributed by atoms with Gasteiger partial charge in [0.15, 0.2) is 9.84 Å². The van der Waals surface area contributed by atoms with E-state index in [2.05, 4.69) is 6.07 Å². The van der Waals surface area contributed by atoms with Gasteiger partial charge >= 0.3 is 0 Å². The Labute approximate surface area is 98.8 Å². The fourth-order valence-electron chi connectivity index (χ4n) is 2.29. The molecule has 0 aromatic carbocycles. The molecular formula is C12H21NO2S. The third-order valence-electron chi connectivity index (χ3n) is 3.75. The summed E-state index contributed by atoms with van der Waals surface area (Å²) in [5.74, 6) is -0.175. The Kier molecular flexibility index (Phi) is 4.37. The highest BCUT2D eigenvalue weighted by Gasteiger charge is 2.39. The van der Waals surface area contributed by atoms with Crippen molar-refractivity contribution in [3.63, 3.8) is 0 Å². The standard InChI is InChI=1S/C12H21NO2S/c1-9(2)10(3)16(14,15)12-7-5-4-6-11(12)8-13/h9-12H,4-7H2,1-3H3. The molecule has 1 rings (SSSR count). The first kappa shape index (κ1) is 13.5. The monoisotopic (exact) mass is 243 g/mol. The molecule has 0 aromatic rings. The average Bonchev–Trinajstić information content (AvgIpc) is 2.27. The SMILES string of the molecule is CC(C)C(C)S(=O)(=O)C1CCCCC1C#N. The van der Waals surface area contributed by atoms with Crippen LogP contribution in [0.5, 0.6) is 0 Å². The largest absolute Gasteiger partial charge is 0.228 e. The van der Waals surface area contributed by atoms with Gasteiger partial charge in [-0.1, -0.05) is 26.7 Å². The normalized spacial score (nSPS) is 28.7. The van der Waals surface area contributed by atoms with Crippen molar-refractivity contribution in [2.24, 2.45) is 11.8 Å². The predicted molar refractivity (Wildman–Crippen MR) is 64.6 cm³/mol. The van der Waals surface area contributed by atoms with E-state index in [1.165, 1.54) is 0 Å². The molecule has 4 heteroatoms. The van der Waals surface area contributed by atoms with Crippen LogP contribution in [0.3, 0.4) is 0 Å². The smallest absolute Gasteiger partial charge is 0.157 e. The summed E-state index contributed by atoms with van der Waals surface area (Å²) in [6.45, 7) is 5.61. The van der Waals surface area contributed by atoms with Crippen molar-refractivity contribution in [3.8, 4) is 6.07 Å². The molecule has 1 aliphatic carbocycles. The first-order valence-electron chi connectivity index (χ1n) is 6.03. The fourth-order valence-corrected chi connectivity index (χ4v) is 4.75. The van der Waals surface area contributed by atoms with Gasteiger partial charge in [0, 0.05) is 0 Å². The second kappa shape index (κ2) is 5.18. The maximum absolute atomic E-state index is 12.3. The van der Waals surface area contributed by atoms with E-state index in [1.54, 1.807) is 6.92 Å². The quantitative estimate of drug-likeness (QED) is 0.765. The van der Waals surface area contributed by atoms with Crippen molar-refractivity contribution < 1.29 is 8.42 Å². The summed E-state index contributed by atoms with van der Waals surface area (Å²) in [5, 5.41) is 8.26. The lowest BCUT2D eigenvalue weighted by Crippen LogP contribution is -2.39. The van der Waals surface area contributed by atoms with Crippen molar-refractivity contribution in [2.75, 3.05) is 0 Å². The van der Waals surface area contributed by atoms with Crippen molar-refractivity contribution in [1.29, 1.82) is 5.26 Å². The molecule has 0 aliphatic heterocycles. The Morgan fingerprint density at radius 3 is 2.25 bits per heavy atom. The average molecular weight is 243 g/mol. The number of nitrogens with zero attached hydrogens (tertiary/aromatic N) is 1. The highest BCUT2D eigenvalue weighted by atomic mass is 32.2. The van der Waals surface area contributed by atoms with E-state index in [4.69, 9.17) is 5.26 Å². The van der Waals surface area contributed by atoms with Crippen LogP contribution in [0.25, 0.3) is 0 Å². The van der Waals surface area contributed by atoms with E-state index in [-0.39, 0.29) is 17.1 Å². The fraction of sp³-hybridized carbons (Fsp3) is 0.917. The molecule has 3 nitrogen and oxygen atoms in total. The van der Waals surface area contributed by atoms with Crippen molar-refractivity contribution in [3.05, 3.63) is 0 Å². The highest BCUT2D eigenvalue weighted by molar-refractivity contribution is 7.92. The number of sulfone groups is 1. The van der Waals surface area contributed by atoms with E-state index < -0.39 is 15.1 Å². The lowest BCUT2D eigenvalue weighted by atomic mass is 9.90. The number of nitriles is 1. The van der Waals surface area contributed by atoms with Crippen LogP contribution in [0.15, 0.2) is 0 Å². The molecule has 16 heavy (non-hydrogen) atoms. The molecule has 3 atom stereocenters. The van der Waals surface area contributed by atoms with Crippen LogP contribution in [0.2, 0.25) is 0 Å². The molecule has 0 radical (unpaired) electrons. The molecule has 1 aliphatic rings. The Morgan fingerprint density at radius 2 is 1.75 bits per heavy atom. The van der Waals surface area contributed by atoms with Gasteiger partial charge in [0.25, 0.3) is 0 Å². The van der Waals surface area contributed by atoms with Gasteiger partial charge in [0.05, 0.1) is 22.5 Å². The highest BCUT2D eigenvalue weighted by Crippen LogP contribution is 2.32. The lowest BCUT2D eigenvalue weighted by molar-refractivity contribution is 0.411. The molecule has 92 valence electrons. The number of hydrogen-bond donors (Lipinski definition) is 0. The van der Waals surface area contributed by atoms with Gasteiger partial charge in [0.1, 0.15) is 0 Å². The van der Waals surface area contributed by atoms with Crippen LogP contribution in [0.1, 0.15) is 46.5 Å². The first-order chi connectivity index (χ1) is 7.41. The van der Waals surface area contributed by atoms with Crippen LogP contribution in [-0.4, -0.2) is 18.9 Å². The van der Waals surface area contributed by atoms with Crippen LogP contribution < -0.4 is 0 Å². The molecule has 0 heterocycles. The maximum atomic E-state index is 12.3. The first-order valence-corrected chi connectivity index (χ1v) is 7.64. The van der Waals surface area contributed by atoms with Gasteiger partial charge in [-0.05, 0) is 25.7 Å². The van der Waals surface area contributed by atoms with Gasteiger partial charge in [-0.15, -0.1) is 0 Å². The molecular weight excluding hydrogens is 222 g/mol. The topological polar surface area (TPSA) is 57.9 Å². The third kappa shape index (κ3) is 2.57. The van der Waals surface area contributed by atoms with Crippen LogP contribution in [0.4, 0.5) is 0 Å². The zero-order valence-corrected chi connectivity index (χ0v) is 11.1. The Morgan fingerprint density at radius 1 is 1.19 bits per heavy atom. The van der Waals surface area contributed by atoms with E-state index in [0.717, 1.165) is 19.3 Å². The molecule has 0 amide bonds. The van der Waals surface area contributed by atoms with Crippen molar-refractivity contribution >= 4 is 9.84 Å². The summed E-state index contributed by atoms with van der Waals surface area (Å²) in [6.07, 6.45) is 3.33. The lowest BCUT2D eigenvalue weighted by Gasteiger charge is -2.30. The molecule has 0 saturated heterocycles. The second-order valence-corrected chi connectivity index (χ2v) is 7.62. The van der Waals surface area contributed by atoms with Gasteiger partial charge in [-0.25, -0.2) is 8.42 Å². The molecule has 0 spiro atoms. The Bertz CT molecular complexity index is 367. The summed E-state index contributed by atoms with van der Waals surface area (Å²) in [6, 6.07) is 2.17. The molecule has 1 fully saturated rings. The Hall–Kier alpha value is -0.560. The van der Waals surface area contributed by atoms with E-state index in [1.807, 2.05) is 13.8 Å². The third-order valence-corrected chi connectivity index (χ3v) is 6.74. The van der Waals surface area contributed by atoms with Gasteiger partial charge in [-0.2, -0.15) is 5.26 Å².